The van der Waals surface area contributed by atoms with E-state index in [0.29, 0.717) is 0 Å². The standard InChI is InChI=1S/C19H20F4N2O3S/c1-29(27,28)25(17-9-3-2-8-16(17)20)11-5-10-18(26)24-13-14-6-4-7-15(12-14)19(21,22)23/h2-4,6-9,12H,5,10-11,13H2,1H3,(H,24,26). The quantitative estimate of drug-likeness (QED) is 0.647. The largest absolute Gasteiger partial charge is 0.416 e. The van der Waals surface area contributed by atoms with Gasteiger partial charge in [-0.15, -0.1) is 0 Å². The Balaban J connectivity index is 1.91. The number of carbonyl (C=O) groups excluding carboxylic acids is 1. The van der Waals surface area contributed by atoms with Gasteiger partial charge < -0.3 is 5.32 Å². The number of benzene rings is 2. The number of para-hydroxylation sites is 1. The van der Waals surface area contributed by atoms with Gasteiger partial charge >= 0.3 is 6.18 Å². The summed E-state index contributed by atoms with van der Waals surface area (Å²) >= 11 is 0. The molecule has 2 rings (SSSR count). The Morgan fingerprint density at radius 3 is 2.41 bits per heavy atom. The van der Waals surface area contributed by atoms with E-state index in [0.717, 1.165) is 28.8 Å². The fraction of sp³-hybridized carbons (Fsp3) is 0.316. The van der Waals surface area contributed by atoms with Crippen LogP contribution in [0, 0.1) is 5.82 Å². The fourth-order valence-electron chi connectivity index (χ4n) is 2.65. The average Bonchev–Trinajstić information content (AvgIpc) is 2.63. The highest BCUT2D eigenvalue weighted by Gasteiger charge is 2.30. The summed E-state index contributed by atoms with van der Waals surface area (Å²) in [5.41, 5.74) is -0.630. The van der Waals surface area contributed by atoms with Gasteiger partial charge in [-0.2, -0.15) is 13.2 Å². The van der Waals surface area contributed by atoms with Crippen LogP contribution in [0.5, 0.6) is 0 Å². The molecule has 0 saturated heterocycles. The Bertz CT molecular complexity index is 962. The molecule has 0 spiro atoms. The maximum Gasteiger partial charge on any atom is 0.416 e. The lowest BCUT2D eigenvalue weighted by Gasteiger charge is -2.22. The molecule has 0 aliphatic heterocycles. The van der Waals surface area contributed by atoms with E-state index in [1.165, 1.54) is 30.3 Å². The summed E-state index contributed by atoms with van der Waals surface area (Å²) in [6.45, 7) is -0.206. The van der Waals surface area contributed by atoms with Crippen LogP contribution in [0.1, 0.15) is 24.0 Å². The molecule has 29 heavy (non-hydrogen) atoms. The minimum Gasteiger partial charge on any atom is -0.352 e. The molecule has 0 saturated carbocycles. The summed E-state index contributed by atoms with van der Waals surface area (Å²) in [4.78, 5) is 12.0. The molecule has 2 aromatic carbocycles. The number of sulfonamides is 1. The summed E-state index contributed by atoms with van der Waals surface area (Å²) in [7, 11) is -3.76. The van der Waals surface area contributed by atoms with Crippen LogP contribution in [0.4, 0.5) is 23.2 Å². The van der Waals surface area contributed by atoms with E-state index < -0.39 is 33.5 Å². The summed E-state index contributed by atoms with van der Waals surface area (Å²) in [6, 6.07) is 9.98. The van der Waals surface area contributed by atoms with Crippen molar-refractivity contribution in [1.82, 2.24) is 5.32 Å². The molecule has 0 aliphatic carbocycles. The van der Waals surface area contributed by atoms with Crippen molar-refractivity contribution >= 4 is 21.6 Å². The smallest absolute Gasteiger partial charge is 0.352 e. The van der Waals surface area contributed by atoms with Gasteiger partial charge in [-0.25, -0.2) is 12.8 Å². The molecule has 0 atom stereocenters. The van der Waals surface area contributed by atoms with E-state index in [9.17, 15) is 30.8 Å². The first kappa shape index (κ1) is 22.7. The van der Waals surface area contributed by atoms with Gasteiger partial charge in [0.1, 0.15) is 5.82 Å². The molecular weight excluding hydrogens is 412 g/mol. The molecule has 5 nitrogen and oxygen atoms in total. The lowest BCUT2D eigenvalue weighted by atomic mass is 10.1. The number of carbonyl (C=O) groups is 1. The molecule has 158 valence electrons. The Morgan fingerprint density at radius 1 is 1.10 bits per heavy atom. The Kier molecular flexibility index (Phi) is 7.23. The molecule has 10 heteroatoms. The minimum absolute atomic E-state index is 0.0700. The van der Waals surface area contributed by atoms with Crippen molar-refractivity contribution in [3.05, 3.63) is 65.5 Å². The molecule has 0 aromatic heterocycles. The van der Waals surface area contributed by atoms with Crippen LogP contribution in [-0.2, 0) is 27.5 Å². The molecule has 0 aliphatic rings. The van der Waals surface area contributed by atoms with Crippen LogP contribution >= 0.6 is 0 Å². The highest BCUT2D eigenvalue weighted by molar-refractivity contribution is 7.92. The van der Waals surface area contributed by atoms with E-state index in [-0.39, 0.29) is 37.2 Å². The molecule has 0 fully saturated rings. The molecule has 2 aromatic rings. The van der Waals surface area contributed by atoms with Crippen molar-refractivity contribution in [2.75, 3.05) is 17.1 Å². The number of nitrogens with zero attached hydrogens (tertiary/aromatic N) is 1. The SMILES string of the molecule is CS(=O)(=O)N(CCCC(=O)NCc1cccc(C(F)(F)F)c1)c1ccccc1F. The second-order valence-electron chi connectivity index (χ2n) is 6.36. The summed E-state index contributed by atoms with van der Waals surface area (Å²) in [5.74, 6) is -1.16. The van der Waals surface area contributed by atoms with E-state index >= 15 is 0 Å². The van der Waals surface area contributed by atoms with E-state index in [1.54, 1.807) is 0 Å². The third-order valence-electron chi connectivity index (χ3n) is 4.03. The first-order chi connectivity index (χ1) is 13.5. The van der Waals surface area contributed by atoms with Crippen LogP contribution in [0.15, 0.2) is 48.5 Å². The number of amides is 1. The highest BCUT2D eigenvalue weighted by Crippen LogP contribution is 2.29. The fourth-order valence-corrected chi connectivity index (χ4v) is 3.61. The number of hydrogen-bond donors (Lipinski definition) is 1. The minimum atomic E-state index is -4.47. The summed E-state index contributed by atoms with van der Waals surface area (Å²) in [6.07, 6.45) is -3.50. The Morgan fingerprint density at radius 2 is 1.79 bits per heavy atom. The van der Waals surface area contributed by atoms with E-state index in [4.69, 9.17) is 0 Å². The molecule has 1 N–H and O–H groups in total. The van der Waals surface area contributed by atoms with Crippen LogP contribution < -0.4 is 9.62 Å². The maximum atomic E-state index is 13.9. The van der Waals surface area contributed by atoms with Crippen molar-refractivity contribution in [1.29, 1.82) is 0 Å². The summed E-state index contributed by atoms with van der Waals surface area (Å²) < 4.78 is 76.8. The highest BCUT2D eigenvalue weighted by atomic mass is 32.2. The van der Waals surface area contributed by atoms with E-state index in [1.807, 2.05) is 0 Å². The molecule has 1 amide bonds. The van der Waals surface area contributed by atoms with Crippen LogP contribution in [0.2, 0.25) is 0 Å². The molecule has 0 radical (unpaired) electrons. The maximum absolute atomic E-state index is 13.9. The molecule has 0 heterocycles. The van der Waals surface area contributed by atoms with Gasteiger partial charge in [0.25, 0.3) is 0 Å². The second-order valence-corrected chi connectivity index (χ2v) is 8.27. The molecule has 0 bridgehead atoms. The number of anilines is 1. The molecular formula is C19H20F4N2O3S. The van der Waals surface area contributed by atoms with Gasteiger partial charge in [0.05, 0.1) is 17.5 Å². The predicted molar refractivity (Wildman–Crippen MR) is 101 cm³/mol. The van der Waals surface area contributed by atoms with Crippen LogP contribution in [-0.4, -0.2) is 27.1 Å². The predicted octanol–water partition coefficient (Wildman–Crippen LogP) is 3.71. The number of halogens is 4. The van der Waals surface area contributed by atoms with Crippen molar-refractivity contribution in [2.24, 2.45) is 0 Å². The van der Waals surface area contributed by atoms with Gasteiger partial charge in [-0.3, -0.25) is 9.10 Å². The molecule has 0 unspecified atom stereocenters. The topological polar surface area (TPSA) is 66.5 Å². The van der Waals surface area contributed by atoms with Gasteiger partial charge in [0, 0.05) is 19.5 Å². The number of nitrogens with one attached hydrogen (secondary N) is 1. The number of rotatable bonds is 8. The van der Waals surface area contributed by atoms with Crippen LogP contribution in [0.3, 0.4) is 0 Å². The van der Waals surface area contributed by atoms with Crippen LogP contribution in [0.25, 0.3) is 0 Å². The third-order valence-corrected chi connectivity index (χ3v) is 5.21. The first-order valence-corrected chi connectivity index (χ1v) is 10.5. The first-order valence-electron chi connectivity index (χ1n) is 8.63. The van der Waals surface area contributed by atoms with Gasteiger partial charge in [-0.05, 0) is 36.2 Å². The normalized spacial score (nSPS) is 11.9. The summed E-state index contributed by atoms with van der Waals surface area (Å²) in [5, 5.41) is 2.49. The van der Waals surface area contributed by atoms with Crippen molar-refractivity contribution in [2.45, 2.75) is 25.6 Å². The Hall–Kier alpha value is -2.62. The number of alkyl halides is 3. The lowest BCUT2D eigenvalue weighted by Crippen LogP contribution is -2.32. The third kappa shape index (κ3) is 6.74. The Labute approximate surface area is 166 Å². The van der Waals surface area contributed by atoms with Gasteiger partial charge in [0.2, 0.25) is 15.9 Å². The van der Waals surface area contributed by atoms with Crippen molar-refractivity contribution < 1.29 is 30.8 Å². The zero-order valence-corrected chi connectivity index (χ0v) is 16.4. The van der Waals surface area contributed by atoms with Gasteiger partial charge in [-0.1, -0.05) is 24.3 Å². The van der Waals surface area contributed by atoms with E-state index in [2.05, 4.69) is 5.32 Å². The zero-order chi connectivity index (χ0) is 21.7. The van der Waals surface area contributed by atoms with Crippen molar-refractivity contribution in [3.63, 3.8) is 0 Å². The lowest BCUT2D eigenvalue weighted by molar-refractivity contribution is -0.137. The van der Waals surface area contributed by atoms with Gasteiger partial charge in [0.15, 0.2) is 0 Å². The average molecular weight is 432 g/mol. The second kappa shape index (κ2) is 9.25. The number of hydrogen-bond acceptors (Lipinski definition) is 3. The zero-order valence-electron chi connectivity index (χ0n) is 15.5. The van der Waals surface area contributed by atoms with Crippen molar-refractivity contribution in [3.8, 4) is 0 Å². The monoisotopic (exact) mass is 432 g/mol.